The molecule has 0 spiro atoms. The number of nitrogens with one attached hydrogen (secondary N) is 2. The molecule has 1 atom stereocenters. The minimum absolute atomic E-state index is 0.0476. The quantitative estimate of drug-likeness (QED) is 0.780. The van der Waals surface area contributed by atoms with Crippen LogP contribution in [0.25, 0.3) is 0 Å². The number of carbonyl (C=O) groups is 1. The highest BCUT2D eigenvalue weighted by Gasteiger charge is 2.12. The normalized spacial score (nSPS) is 12.5. The predicted octanol–water partition coefficient (Wildman–Crippen LogP) is 1.32. The van der Waals surface area contributed by atoms with Crippen LogP contribution in [0.15, 0.2) is 24.3 Å². The lowest BCUT2D eigenvalue weighted by atomic mass is 10.0. The molecular weight excluding hydrogens is 238 g/mol. The van der Waals surface area contributed by atoms with E-state index in [-0.39, 0.29) is 11.9 Å². The highest BCUT2D eigenvalue weighted by atomic mass is 16.2. The Morgan fingerprint density at radius 3 is 2.68 bits per heavy atom. The number of rotatable bonds is 7. The first-order valence-corrected chi connectivity index (χ1v) is 6.72. The molecule has 4 nitrogen and oxygen atoms in total. The molecule has 0 heterocycles. The van der Waals surface area contributed by atoms with E-state index in [2.05, 4.69) is 29.7 Å². The second-order valence-electron chi connectivity index (χ2n) is 4.99. The van der Waals surface area contributed by atoms with Crippen LogP contribution in [-0.4, -0.2) is 44.5 Å². The van der Waals surface area contributed by atoms with Crippen LogP contribution >= 0.6 is 0 Å². The Morgan fingerprint density at radius 2 is 2.05 bits per heavy atom. The summed E-state index contributed by atoms with van der Waals surface area (Å²) in [6.45, 7) is 6.27. The standard InChI is InChI=1S/C15H25N3O/c1-12-7-5-6-8-14(12)13(2)17-15(19)11-18(4)10-9-16-3/h5-8,13,16H,9-11H2,1-4H3,(H,17,19). The number of aryl methyl sites for hydroxylation is 1. The molecule has 0 aromatic heterocycles. The summed E-state index contributed by atoms with van der Waals surface area (Å²) in [5.74, 6) is 0.0642. The molecule has 4 heteroatoms. The van der Waals surface area contributed by atoms with Crippen molar-refractivity contribution in [2.75, 3.05) is 33.7 Å². The third-order valence-electron chi connectivity index (χ3n) is 3.19. The molecule has 19 heavy (non-hydrogen) atoms. The molecule has 1 unspecified atom stereocenters. The Morgan fingerprint density at radius 1 is 1.37 bits per heavy atom. The zero-order valence-electron chi connectivity index (χ0n) is 12.4. The zero-order valence-corrected chi connectivity index (χ0v) is 12.4. The van der Waals surface area contributed by atoms with Crippen molar-refractivity contribution in [3.8, 4) is 0 Å². The first-order valence-electron chi connectivity index (χ1n) is 6.72. The van der Waals surface area contributed by atoms with Gasteiger partial charge in [0, 0.05) is 13.1 Å². The average Bonchev–Trinajstić information content (AvgIpc) is 2.36. The van der Waals surface area contributed by atoms with E-state index in [1.165, 1.54) is 11.1 Å². The topological polar surface area (TPSA) is 44.4 Å². The lowest BCUT2D eigenvalue weighted by Crippen LogP contribution is -2.38. The molecule has 1 aromatic carbocycles. The summed E-state index contributed by atoms with van der Waals surface area (Å²) >= 11 is 0. The van der Waals surface area contributed by atoms with Gasteiger partial charge in [0.25, 0.3) is 0 Å². The second kappa shape index (κ2) is 7.92. The van der Waals surface area contributed by atoms with Gasteiger partial charge >= 0.3 is 0 Å². The molecule has 1 amide bonds. The van der Waals surface area contributed by atoms with Crippen molar-refractivity contribution in [3.63, 3.8) is 0 Å². The molecule has 0 saturated carbocycles. The SMILES string of the molecule is CNCCN(C)CC(=O)NC(C)c1ccccc1C. The van der Waals surface area contributed by atoms with Crippen molar-refractivity contribution >= 4 is 5.91 Å². The Bertz CT molecular complexity index is 406. The Kier molecular flexibility index (Phi) is 6.53. The number of likely N-dealkylation sites (N-methyl/N-ethyl adjacent to an activating group) is 2. The van der Waals surface area contributed by atoms with Gasteiger partial charge in [-0.1, -0.05) is 24.3 Å². The number of nitrogens with zero attached hydrogens (tertiary/aromatic N) is 1. The number of hydrogen-bond acceptors (Lipinski definition) is 3. The van der Waals surface area contributed by atoms with E-state index in [4.69, 9.17) is 0 Å². The van der Waals surface area contributed by atoms with Gasteiger partial charge in [-0.25, -0.2) is 0 Å². The Hall–Kier alpha value is -1.39. The smallest absolute Gasteiger partial charge is 0.234 e. The van der Waals surface area contributed by atoms with E-state index in [0.717, 1.165) is 13.1 Å². The Labute approximate surface area is 116 Å². The summed E-state index contributed by atoms with van der Waals surface area (Å²) in [6.07, 6.45) is 0. The average molecular weight is 263 g/mol. The van der Waals surface area contributed by atoms with Gasteiger partial charge in [0.2, 0.25) is 5.91 Å². The molecule has 106 valence electrons. The fraction of sp³-hybridized carbons (Fsp3) is 0.533. The summed E-state index contributed by atoms with van der Waals surface area (Å²) < 4.78 is 0. The fourth-order valence-corrected chi connectivity index (χ4v) is 2.06. The Balaban J connectivity index is 2.46. The van der Waals surface area contributed by atoms with Crippen LogP contribution in [0.5, 0.6) is 0 Å². The first-order chi connectivity index (χ1) is 9.04. The minimum Gasteiger partial charge on any atom is -0.348 e. The van der Waals surface area contributed by atoms with Gasteiger partial charge in [-0.2, -0.15) is 0 Å². The summed E-state index contributed by atoms with van der Waals surface area (Å²) in [6, 6.07) is 8.19. The predicted molar refractivity (Wildman–Crippen MR) is 79.2 cm³/mol. The van der Waals surface area contributed by atoms with Gasteiger partial charge in [-0.05, 0) is 39.1 Å². The minimum atomic E-state index is 0.0476. The van der Waals surface area contributed by atoms with Crippen LogP contribution in [0.4, 0.5) is 0 Å². The van der Waals surface area contributed by atoms with E-state index in [1.807, 2.05) is 38.1 Å². The summed E-state index contributed by atoms with van der Waals surface area (Å²) in [4.78, 5) is 13.9. The van der Waals surface area contributed by atoms with Gasteiger partial charge in [0.1, 0.15) is 0 Å². The van der Waals surface area contributed by atoms with Gasteiger partial charge in [-0.3, -0.25) is 9.69 Å². The van der Waals surface area contributed by atoms with Crippen molar-refractivity contribution in [3.05, 3.63) is 35.4 Å². The maximum Gasteiger partial charge on any atom is 0.234 e. The van der Waals surface area contributed by atoms with Crippen LogP contribution < -0.4 is 10.6 Å². The van der Waals surface area contributed by atoms with Gasteiger partial charge < -0.3 is 10.6 Å². The van der Waals surface area contributed by atoms with Gasteiger partial charge in [-0.15, -0.1) is 0 Å². The van der Waals surface area contributed by atoms with Crippen molar-refractivity contribution in [2.24, 2.45) is 0 Å². The van der Waals surface area contributed by atoms with E-state index in [1.54, 1.807) is 0 Å². The molecule has 1 aromatic rings. The third kappa shape index (κ3) is 5.41. The van der Waals surface area contributed by atoms with E-state index in [9.17, 15) is 4.79 Å². The molecule has 0 aliphatic carbocycles. The van der Waals surface area contributed by atoms with E-state index in [0.29, 0.717) is 6.54 Å². The van der Waals surface area contributed by atoms with Crippen molar-refractivity contribution < 1.29 is 4.79 Å². The van der Waals surface area contributed by atoms with Crippen LogP contribution in [0.1, 0.15) is 24.1 Å². The number of carbonyl (C=O) groups excluding carboxylic acids is 1. The maximum atomic E-state index is 11.9. The van der Waals surface area contributed by atoms with Crippen LogP contribution in [-0.2, 0) is 4.79 Å². The number of amides is 1. The van der Waals surface area contributed by atoms with E-state index < -0.39 is 0 Å². The zero-order chi connectivity index (χ0) is 14.3. The summed E-state index contributed by atoms with van der Waals surface area (Å²) in [5.41, 5.74) is 2.38. The van der Waals surface area contributed by atoms with E-state index >= 15 is 0 Å². The third-order valence-corrected chi connectivity index (χ3v) is 3.19. The molecule has 0 aliphatic rings. The molecular formula is C15H25N3O. The lowest BCUT2D eigenvalue weighted by molar-refractivity contribution is -0.122. The summed E-state index contributed by atoms with van der Waals surface area (Å²) in [5, 5.41) is 6.12. The molecule has 0 radical (unpaired) electrons. The van der Waals surface area contributed by atoms with Gasteiger partial charge in [0.15, 0.2) is 0 Å². The van der Waals surface area contributed by atoms with Crippen LogP contribution in [0, 0.1) is 6.92 Å². The molecule has 0 aliphatic heterocycles. The van der Waals surface area contributed by atoms with Crippen LogP contribution in [0.2, 0.25) is 0 Å². The fourth-order valence-electron chi connectivity index (χ4n) is 2.06. The molecule has 2 N–H and O–H groups in total. The van der Waals surface area contributed by atoms with Crippen molar-refractivity contribution in [2.45, 2.75) is 19.9 Å². The van der Waals surface area contributed by atoms with Crippen molar-refractivity contribution in [1.29, 1.82) is 0 Å². The first kappa shape index (κ1) is 15.7. The van der Waals surface area contributed by atoms with Gasteiger partial charge in [0.05, 0.1) is 12.6 Å². The highest BCUT2D eigenvalue weighted by molar-refractivity contribution is 5.78. The van der Waals surface area contributed by atoms with Crippen molar-refractivity contribution in [1.82, 2.24) is 15.5 Å². The maximum absolute atomic E-state index is 11.9. The summed E-state index contributed by atoms with van der Waals surface area (Å²) in [7, 11) is 3.86. The molecule has 0 fully saturated rings. The number of benzene rings is 1. The molecule has 0 bridgehead atoms. The molecule has 1 rings (SSSR count). The highest BCUT2D eigenvalue weighted by Crippen LogP contribution is 2.16. The molecule has 0 saturated heterocycles. The largest absolute Gasteiger partial charge is 0.348 e. The van der Waals surface area contributed by atoms with Crippen LogP contribution in [0.3, 0.4) is 0 Å². The number of hydrogen-bond donors (Lipinski definition) is 2. The lowest BCUT2D eigenvalue weighted by Gasteiger charge is -2.20. The second-order valence-corrected chi connectivity index (χ2v) is 4.99. The monoisotopic (exact) mass is 263 g/mol.